The largest absolute Gasteiger partial charge is 0.352 e. The molecule has 2 heterocycles. The molecule has 0 radical (unpaired) electrons. The lowest BCUT2D eigenvalue weighted by atomic mass is 10.2. The second-order valence-electron chi connectivity index (χ2n) is 4.79. The number of pyridine rings is 1. The second kappa shape index (κ2) is 5.75. The number of rotatable bonds is 4. The molecule has 0 saturated carbocycles. The standard InChI is InChI=1S/C16H16N4O/c1-2-9-17-16(21)13-8-10-20-14(11-13)18-19-15(20)12-6-4-3-5-7-12/h3-8,10-11H,2,9H2,1H3,(H,17,21). The first-order chi connectivity index (χ1) is 10.3. The van der Waals surface area contributed by atoms with Crippen LogP contribution in [-0.2, 0) is 0 Å². The van der Waals surface area contributed by atoms with Crippen molar-refractivity contribution in [2.24, 2.45) is 0 Å². The Morgan fingerprint density at radius 3 is 2.76 bits per heavy atom. The molecule has 1 amide bonds. The molecule has 3 aromatic rings. The zero-order valence-corrected chi connectivity index (χ0v) is 11.8. The monoisotopic (exact) mass is 280 g/mol. The third kappa shape index (κ3) is 2.63. The van der Waals surface area contributed by atoms with E-state index in [1.54, 1.807) is 12.1 Å². The Labute approximate surface area is 122 Å². The number of amides is 1. The van der Waals surface area contributed by atoms with E-state index in [9.17, 15) is 4.79 Å². The third-order valence-corrected chi connectivity index (χ3v) is 3.24. The van der Waals surface area contributed by atoms with Crippen LogP contribution in [-0.4, -0.2) is 27.0 Å². The number of benzene rings is 1. The van der Waals surface area contributed by atoms with Crippen LogP contribution < -0.4 is 5.32 Å². The zero-order valence-electron chi connectivity index (χ0n) is 11.8. The van der Waals surface area contributed by atoms with Gasteiger partial charge in [0.15, 0.2) is 11.5 Å². The summed E-state index contributed by atoms with van der Waals surface area (Å²) in [5.74, 6) is 0.690. The van der Waals surface area contributed by atoms with Crippen LogP contribution >= 0.6 is 0 Å². The van der Waals surface area contributed by atoms with E-state index in [1.807, 2.05) is 47.9 Å². The van der Waals surface area contributed by atoms with Gasteiger partial charge in [-0.25, -0.2) is 0 Å². The van der Waals surface area contributed by atoms with E-state index in [0.29, 0.717) is 17.8 Å². The van der Waals surface area contributed by atoms with Crippen LogP contribution in [0.1, 0.15) is 23.7 Å². The highest BCUT2D eigenvalue weighted by Crippen LogP contribution is 2.18. The molecular weight excluding hydrogens is 264 g/mol. The Kier molecular flexibility index (Phi) is 3.64. The quantitative estimate of drug-likeness (QED) is 0.799. The van der Waals surface area contributed by atoms with Crippen LogP contribution in [0.5, 0.6) is 0 Å². The lowest BCUT2D eigenvalue weighted by Crippen LogP contribution is -2.24. The van der Waals surface area contributed by atoms with E-state index in [4.69, 9.17) is 0 Å². The van der Waals surface area contributed by atoms with Crippen molar-refractivity contribution in [1.29, 1.82) is 0 Å². The molecule has 0 aliphatic heterocycles. The number of hydrogen-bond acceptors (Lipinski definition) is 3. The summed E-state index contributed by atoms with van der Waals surface area (Å²) in [6.45, 7) is 2.69. The molecule has 0 unspecified atom stereocenters. The molecule has 0 fully saturated rings. The summed E-state index contributed by atoms with van der Waals surface area (Å²) >= 11 is 0. The molecule has 0 aliphatic carbocycles. The van der Waals surface area contributed by atoms with E-state index in [0.717, 1.165) is 17.8 Å². The van der Waals surface area contributed by atoms with Gasteiger partial charge < -0.3 is 5.32 Å². The van der Waals surface area contributed by atoms with E-state index in [1.165, 1.54) is 0 Å². The Hall–Kier alpha value is -2.69. The number of nitrogens with zero attached hydrogens (tertiary/aromatic N) is 3. The average molecular weight is 280 g/mol. The highest BCUT2D eigenvalue weighted by atomic mass is 16.1. The first-order valence-corrected chi connectivity index (χ1v) is 6.98. The molecule has 0 spiro atoms. The van der Waals surface area contributed by atoms with Crippen LogP contribution in [0.3, 0.4) is 0 Å². The Bertz CT molecular complexity index is 764. The van der Waals surface area contributed by atoms with Gasteiger partial charge in [-0.2, -0.15) is 0 Å². The Morgan fingerprint density at radius 2 is 2.00 bits per heavy atom. The molecule has 0 saturated heterocycles. The topological polar surface area (TPSA) is 59.3 Å². The highest BCUT2D eigenvalue weighted by Gasteiger charge is 2.10. The van der Waals surface area contributed by atoms with Crippen molar-refractivity contribution in [1.82, 2.24) is 19.9 Å². The van der Waals surface area contributed by atoms with Gasteiger partial charge in [0, 0.05) is 23.9 Å². The molecule has 5 nitrogen and oxygen atoms in total. The van der Waals surface area contributed by atoms with Crippen LogP contribution in [0.4, 0.5) is 0 Å². The Balaban J connectivity index is 1.96. The first kappa shape index (κ1) is 13.3. The summed E-state index contributed by atoms with van der Waals surface area (Å²) in [5, 5.41) is 11.2. The normalized spacial score (nSPS) is 10.7. The molecule has 106 valence electrons. The number of nitrogens with one attached hydrogen (secondary N) is 1. The average Bonchev–Trinajstić information content (AvgIpc) is 2.96. The number of aromatic nitrogens is 3. The van der Waals surface area contributed by atoms with Gasteiger partial charge in [0.2, 0.25) is 0 Å². The van der Waals surface area contributed by atoms with Crippen molar-refractivity contribution in [2.75, 3.05) is 6.54 Å². The molecule has 5 heteroatoms. The Morgan fingerprint density at radius 1 is 1.19 bits per heavy atom. The van der Waals surface area contributed by atoms with E-state index in [-0.39, 0.29) is 5.91 Å². The second-order valence-corrected chi connectivity index (χ2v) is 4.79. The first-order valence-electron chi connectivity index (χ1n) is 6.98. The number of hydrogen-bond donors (Lipinski definition) is 1. The summed E-state index contributed by atoms with van der Waals surface area (Å²) in [4.78, 5) is 12.0. The SMILES string of the molecule is CCCNC(=O)c1ccn2c(-c3ccccc3)nnc2c1. The molecule has 1 N–H and O–H groups in total. The van der Waals surface area contributed by atoms with Gasteiger partial charge in [-0.1, -0.05) is 37.3 Å². The maximum Gasteiger partial charge on any atom is 0.251 e. The number of carbonyl (C=O) groups excluding carboxylic acids is 1. The summed E-state index contributed by atoms with van der Waals surface area (Å²) in [5.41, 5.74) is 2.26. The van der Waals surface area contributed by atoms with Crippen molar-refractivity contribution in [3.8, 4) is 11.4 Å². The van der Waals surface area contributed by atoms with Gasteiger partial charge in [-0.3, -0.25) is 9.20 Å². The summed E-state index contributed by atoms with van der Waals surface area (Å²) in [7, 11) is 0. The summed E-state index contributed by atoms with van der Waals surface area (Å²) < 4.78 is 1.88. The minimum absolute atomic E-state index is 0.0800. The predicted octanol–water partition coefficient (Wildman–Crippen LogP) is 2.54. The van der Waals surface area contributed by atoms with Gasteiger partial charge in [-0.15, -0.1) is 10.2 Å². The molecule has 1 aromatic carbocycles. The van der Waals surface area contributed by atoms with Gasteiger partial charge in [0.05, 0.1) is 0 Å². The maximum atomic E-state index is 12.0. The fraction of sp³-hybridized carbons (Fsp3) is 0.188. The van der Waals surface area contributed by atoms with Crippen molar-refractivity contribution < 1.29 is 4.79 Å². The minimum Gasteiger partial charge on any atom is -0.352 e. The minimum atomic E-state index is -0.0800. The van der Waals surface area contributed by atoms with Gasteiger partial charge in [0.25, 0.3) is 5.91 Å². The predicted molar refractivity (Wildman–Crippen MR) is 81.0 cm³/mol. The van der Waals surface area contributed by atoms with Gasteiger partial charge in [0.1, 0.15) is 0 Å². The van der Waals surface area contributed by atoms with Crippen molar-refractivity contribution in [2.45, 2.75) is 13.3 Å². The molecule has 0 aliphatic rings. The van der Waals surface area contributed by atoms with Crippen LogP contribution in [0.15, 0.2) is 48.7 Å². The smallest absolute Gasteiger partial charge is 0.251 e. The number of fused-ring (bicyclic) bond motifs is 1. The van der Waals surface area contributed by atoms with Crippen LogP contribution in [0, 0.1) is 0 Å². The van der Waals surface area contributed by atoms with Crippen LogP contribution in [0.25, 0.3) is 17.0 Å². The van der Waals surface area contributed by atoms with E-state index >= 15 is 0 Å². The molecule has 0 atom stereocenters. The van der Waals surface area contributed by atoms with Gasteiger partial charge in [-0.05, 0) is 18.6 Å². The fourth-order valence-corrected chi connectivity index (χ4v) is 2.16. The van der Waals surface area contributed by atoms with E-state index in [2.05, 4.69) is 15.5 Å². The molecule has 21 heavy (non-hydrogen) atoms. The maximum absolute atomic E-state index is 12.0. The molecule has 3 rings (SSSR count). The molecule has 0 bridgehead atoms. The third-order valence-electron chi connectivity index (χ3n) is 3.24. The van der Waals surface area contributed by atoms with Gasteiger partial charge >= 0.3 is 0 Å². The van der Waals surface area contributed by atoms with Crippen molar-refractivity contribution >= 4 is 11.6 Å². The lowest BCUT2D eigenvalue weighted by molar-refractivity contribution is 0.0953. The number of carbonyl (C=O) groups is 1. The summed E-state index contributed by atoms with van der Waals surface area (Å²) in [6, 6.07) is 13.4. The van der Waals surface area contributed by atoms with Crippen molar-refractivity contribution in [3.63, 3.8) is 0 Å². The zero-order chi connectivity index (χ0) is 14.7. The molecule has 2 aromatic heterocycles. The summed E-state index contributed by atoms with van der Waals surface area (Å²) in [6.07, 6.45) is 2.75. The molecular formula is C16H16N4O. The van der Waals surface area contributed by atoms with Crippen molar-refractivity contribution in [3.05, 3.63) is 54.2 Å². The van der Waals surface area contributed by atoms with Crippen LogP contribution in [0.2, 0.25) is 0 Å². The van der Waals surface area contributed by atoms with E-state index < -0.39 is 0 Å². The fourth-order valence-electron chi connectivity index (χ4n) is 2.16. The highest BCUT2D eigenvalue weighted by molar-refractivity contribution is 5.95. The lowest BCUT2D eigenvalue weighted by Gasteiger charge is -2.04.